The van der Waals surface area contributed by atoms with E-state index in [1.54, 1.807) is 36.4 Å². The van der Waals surface area contributed by atoms with Crippen molar-refractivity contribution in [2.45, 2.75) is 12.1 Å². The number of carbonyl (C=O) groups is 2. The van der Waals surface area contributed by atoms with Crippen molar-refractivity contribution in [1.82, 2.24) is 10.6 Å². The third-order valence-corrected chi connectivity index (χ3v) is 4.27. The number of benzene rings is 1. The van der Waals surface area contributed by atoms with Crippen molar-refractivity contribution in [2.24, 2.45) is 0 Å². The summed E-state index contributed by atoms with van der Waals surface area (Å²) in [4.78, 5) is 24.3. The molecule has 1 aromatic carbocycles. The van der Waals surface area contributed by atoms with E-state index in [1.165, 1.54) is 25.9 Å². The van der Waals surface area contributed by atoms with Crippen molar-refractivity contribution in [3.8, 4) is 5.75 Å². The van der Waals surface area contributed by atoms with Gasteiger partial charge in [-0.25, -0.2) is 0 Å². The Morgan fingerprint density at radius 1 is 1.07 bits per heavy atom. The molecule has 2 amide bonds. The predicted molar refractivity (Wildman–Crippen MR) is 98.3 cm³/mol. The first-order chi connectivity index (χ1) is 13.5. The van der Waals surface area contributed by atoms with E-state index in [0.717, 1.165) is 5.56 Å². The number of hydrogen-bond donors (Lipinski definition) is 3. The molecular formula is C20H20N2O6. The molecule has 0 aliphatic carbocycles. The molecular weight excluding hydrogens is 364 g/mol. The molecule has 146 valence electrons. The summed E-state index contributed by atoms with van der Waals surface area (Å²) in [7, 11) is 1.53. The number of ether oxygens (including phenoxy) is 1. The first-order valence-electron chi connectivity index (χ1n) is 8.51. The Bertz CT molecular complexity index is 884. The van der Waals surface area contributed by atoms with Gasteiger partial charge in [0.1, 0.15) is 11.5 Å². The van der Waals surface area contributed by atoms with Crippen LogP contribution in [0, 0.1) is 0 Å². The summed E-state index contributed by atoms with van der Waals surface area (Å²) in [6.45, 7) is -0.151. The van der Waals surface area contributed by atoms with Crippen LogP contribution in [-0.2, 0) is 21.7 Å². The van der Waals surface area contributed by atoms with Crippen LogP contribution in [0.5, 0.6) is 5.75 Å². The highest BCUT2D eigenvalue weighted by molar-refractivity contribution is 6.35. The molecule has 0 aliphatic rings. The van der Waals surface area contributed by atoms with E-state index in [1.807, 2.05) is 6.07 Å². The van der Waals surface area contributed by atoms with Gasteiger partial charge in [-0.05, 0) is 24.3 Å². The van der Waals surface area contributed by atoms with Crippen LogP contribution in [0.25, 0.3) is 0 Å². The third-order valence-electron chi connectivity index (χ3n) is 4.27. The minimum atomic E-state index is -1.67. The van der Waals surface area contributed by atoms with Crippen molar-refractivity contribution in [2.75, 3.05) is 13.7 Å². The standard InChI is InChI=1S/C20H20N2O6/c1-26-16-6-3-2-5-14(16)11-21-18(23)19(24)22-13-20(25,15-8-10-27-12-15)17-7-4-9-28-17/h2-10,12,25H,11,13H2,1H3,(H,21,23)(H,22,24). The van der Waals surface area contributed by atoms with Crippen molar-refractivity contribution in [1.29, 1.82) is 0 Å². The summed E-state index contributed by atoms with van der Waals surface area (Å²) >= 11 is 0. The first-order valence-corrected chi connectivity index (χ1v) is 8.51. The van der Waals surface area contributed by atoms with E-state index in [4.69, 9.17) is 13.6 Å². The summed E-state index contributed by atoms with van der Waals surface area (Å²) in [5, 5.41) is 16.0. The Kier molecular flexibility index (Phi) is 5.81. The first kappa shape index (κ1) is 19.2. The van der Waals surface area contributed by atoms with Gasteiger partial charge in [0, 0.05) is 17.7 Å². The topological polar surface area (TPSA) is 114 Å². The smallest absolute Gasteiger partial charge is 0.309 e. The average Bonchev–Trinajstić information content (AvgIpc) is 3.44. The van der Waals surface area contributed by atoms with Crippen LogP contribution in [0.3, 0.4) is 0 Å². The van der Waals surface area contributed by atoms with Crippen LogP contribution >= 0.6 is 0 Å². The molecule has 2 aromatic heterocycles. The van der Waals surface area contributed by atoms with Gasteiger partial charge in [0.2, 0.25) is 0 Å². The lowest BCUT2D eigenvalue weighted by Crippen LogP contribution is -2.46. The SMILES string of the molecule is COc1ccccc1CNC(=O)C(=O)NCC(O)(c1ccoc1)c1ccco1. The van der Waals surface area contributed by atoms with Gasteiger partial charge in [-0.1, -0.05) is 18.2 Å². The number of methoxy groups -OCH3 is 1. The van der Waals surface area contributed by atoms with Crippen LogP contribution in [0.1, 0.15) is 16.9 Å². The van der Waals surface area contributed by atoms with Crippen molar-refractivity contribution < 1.29 is 28.3 Å². The van der Waals surface area contributed by atoms with Crippen LogP contribution in [-0.4, -0.2) is 30.6 Å². The summed E-state index contributed by atoms with van der Waals surface area (Å²) in [5.41, 5.74) is -0.552. The minimum Gasteiger partial charge on any atom is -0.496 e. The Labute approximate surface area is 161 Å². The molecule has 3 N–H and O–H groups in total. The largest absolute Gasteiger partial charge is 0.496 e. The third kappa shape index (κ3) is 4.07. The highest BCUT2D eigenvalue weighted by atomic mass is 16.5. The van der Waals surface area contributed by atoms with E-state index >= 15 is 0 Å². The maximum absolute atomic E-state index is 12.2. The molecule has 0 aliphatic heterocycles. The van der Waals surface area contributed by atoms with Gasteiger partial charge < -0.3 is 29.3 Å². The molecule has 0 bridgehead atoms. The second kappa shape index (κ2) is 8.45. The van der Waals surface area contributed by atoms with E-state index in [0.29, 0.717) is 11.3 Å². The molecule has 28 heavy (non-hydrogen) atoms. The highest BCUT2D eigenvalue weighted by Crippen LogP contribution is 2.29. The molecule has 8 nitrogen and oxygen atoms in total. The molecule has 0 fully saturated rings. The molecule has 3 rings (SSSR count). The summed E-state index contributed by atoms with van der Waals surface area (Å²) in [6.07, 6.45) is 4.14. The fraction of sp³-hybridized carbons (Fsp3) is 0.200. The number of para-hydroxylation sites is 1. The lowest BCUT2D eigenvalue weighted by atomic mass is 9.93. The lowest BCUT2D eigenvalue weighted by Gasteiger charge is -2.25. The minimum absolute atomic E-state index is 0.125. The highest BCUT2D eigenvalue weighted by Gasteiger charge is 2.36. The predicted octanol–water partition coefficient (Wildman–Crippen LogP) is 1.55. The lowest BCUT2D eigenvalue weighted by molar-refractivity contribution is -0.139. The molecule has 0 saturated carbocycles. The molecule has 0 spiro atoms. The van der Waals surface area contributed by atoms with Crippen molar-refractivity contribution >= 4 is 11.8 Å². The van der Waals surface area contributed by atoms with Gasteiger partial charge in [-0.2, -0.15) is 0 Å². The van der Waals surface area contributed by atoms with Gasteiger partial charge in [0.25, 0.3) is 0 Å². The van der Waals surface area contributed by atoms with E-state index in [-0.39, 0.29) is 18.8 Å². The van der Waals surface area contributed by atoms with E-state index < -0.39 is 17.4 Å². The summed E-state index contributed by atoms with van der Waals surface area (Å²) < 4.78 is 15.5. The van der Waals surface area contributed by atoms with Gasteiger partial charge in [0.15, 0.2) is 5.60 Å². The normalized spacial score (nSPS) is 12.8. The molecule has 0 radical (unpaired) electrons. The molecule has 1 unspecified atom stereocenters. The van der Waals surface area contributed by atoms with Gasteiger partial charge in [0.05, 0.1) is 32.4 Å². The fourth-order valence-electron chi connectivity index (χ4n) is 2.74. The fourth-order valence-corrected chi connectivity index (χ4v) is 2.74. The molecule has 3 aromatic rings. The van der Waals surface area contributed by atoms with Crippen LogP contribution < -0.4 is 15.4 Å². The number of rotatable bonds is 7. The molecule has 1 atom stereocenters. The maximum atomic E-state index is 12.2. The Hall–Kier alpha value is -3.52. The van der Waals surface area contributed by atoms with Crippen LogP contribution in [0.2, 0.25) is 0 Å². The second-order valence-electron chi connectivity index (χ2n) is 6.03. The maximum Gasteiger partial charge on any atom is 0.309 e. The van der Waals surface area contributed by atoms with Crippen LogP contribution in [0.15, 0.2) is 70.1 Å². The Morgan fingerprint density at radius 3 is 2.54 bits per heavy atom. The molecule has 8 heteroatoms. The number of nitrogens with one attached hydrogen (secondary N) is 2. The number of amides is 2. The Balaban J connectivity index is 1.62. The second-order valence-corrected chi connectivity index (χ2v) is 6.03. The Morgan fingerprint density at radius 2 is 1.86 bits per heavy atom. The van der Waals surface area contributed by atoms with E-state index in [2.05, 4.69) is 10.6 Å². The number of carbonyl (C=O) groups excluding carboxylic acids is 2. The van der Waals surface area contributed by atoms with Crippen LogP contribution in [0.4, 0.5) is 0 Å². The number of furan rings is 2. The molecule has 0 saturated heterocycles. The number of aliphatic hydroxyl groups is 1. The van der Waals surface area contributed by atoms with Crippen molar-refractivity contribution in [3.05, 3.63) is 78.1 Å². The van der Waals surface area contributed by atoms with E-state index in [9.17, 15) is 14.7 Å². The molecule has 2 heterocycles. The van der Waals surface area contributed by atoms with Gasteiger partial charge in [-0.3, -0.25) is 9.59 Å². The summed E-state index contributed by atoms with van der Waals surface area (Å²) in [6, 6.07) is 11.9. The zero-order chi connectivity index (χ0) is 20.0. The summed E-state index contributed by atoms with van der Waals surface area (Å²) in [5.74, 6) is -0.901. The quantitative estimate of drug-likeness (QED) is 0.533. The van der Waals surface area contributed by atoms with Gasteiger partial charge >= 0.3 is 11.8 Å². The number of hydrogen-bond acceptors (Lipinski definition) is 6. The monoisotopic (exact) mass is 384 g/mol. The average molecular weight is 384 g/mol. The van der Waals surface area contributed by atoms with Gasteiger partial charge in [-0.15, -0.1) is 0 Å². The zero-order valence-corrected chi connectivity index (χ0v) is 15.2. The zero-order valence-electron chi connectivity index (χ0n) is 15.2. The van der Waals surface area contributed by atoms with Crippen molar-refractivity contribution in [3.63, 3.8) is 0 Å².